The molecule has 0 saturated carbocycles. The molecule has 13 heteroatoms. The second kappa shape index (κ2) is 10.6. The summed E-state index contributed by atoms with van der Waals surface area (Å²) in [5.74, 6) is -7.74. The van der Waals surface area contributed by atoms with Gasteiger partial charge in [-0.25, -0.2) is 0 Å². The van der Waals surface area contributed by atoms with E-state index in [4.69, 9.17) is 5.73 Å². The number of nitrogens with zero attached hydrogens (tertiary/aromatic N) is 3. The number of allylic oxidation sites excluding steroid dienone is 1. The molecule has 0 radical (unpaired) electrons. The van der Waals surface area contributed by atoms with E-state index in [0.29, 0.717) is 24.1 Å². The number of likely N-dealkylation sites (N-methyl/N-ethyl adjacent to an activating group) is 1. The molecule has 1 aromatic carbocycles. The first kappa shape index (κ1) is 30.5. The topological polar surface area (TPSA) is 197 Å². The van der Waals surface area contributed by atoms with Gasteiger partial charge in [-0.05, 0) is 77.5 Å². The summed E-state index contributed by atoms with van der Waals surface area (Å²) in [5, 5.41) is 48.4. The number of carbonyl (C=O) groups excluding carboxylic acids is 4. The summed E-state index contributed by atoms with van der Waals surface area (Å²) < 4.78 is 0. The Morgan fingerprint density at radius 3 is 2.28 bits per heavy atom. The fraction of sp³-hybridized carbons (Fsp3) is 0.533. The Bertz CT molecular complexity index is 1490. The van der Waals surface area contributed by atoms with Crippen LogP contribution in [-0.4, -0.2) is 114 Å². The number of Topliss-reactive ketones (excluding diaryl/α,β-unsaturated/α-hetero) is 2. The van der Waals surface area contributed by atoms with Crippen molar-refractivity contribution in [2.45, 2.75) is 37.3 Å². The third kappa shape index (κ3) is 4.57. The predicted octanol–water partition coefficient (Wildman–Crippen LogP) is 0.467. The molecular formula is C30H39N5O8. The van der Waals surface area contributed by atoms with Crippen LogP contribution in [-0.2, 0) is 20.8 Å². The molecule has 0 spiro atoms. The number of phenolic OH excluding ortho intramolecular Hbond substituents is 1. The van der Waals surface area contributed by atoms with E-state index in [-0.39, 0.29) is 41.5 Å². The van der Waals surface area contributed by atoms with Crippen molar-refractivity contribution in [3.05, 3.63) is 39.9 Å². The maximum Gasteiger partial charge on any atom is 0.255 e. The van der Waals surface area contributed by atoms with E-state index in [1.165, 1.54) is 4.90 Å². The number of likely N-dealkylation sites (tertiary alicyclic amines) is 1. The first-order valence-corrected chi connectivity index (χ1v) is 14.3. The van der Waals surface area contributed by atoms with Gasteiger partial charge in [0.15, 0.2) is 17.1 Å². The van der Waals surface area contributed by atoms with Crippen molar-refractivity contribution in [1.29, 1.82) is 0 Å². The maximum atomic E-state index is 14.2. The van der Waals surface area contributed by atoms with Crippen molar-refractivity contribution < 1.29 is 39.6 Å². The molecule has 2 amide bonds. The molecule has 1 aliphatic heterocycles. The molecule has 0 aromatic heterocycles. The molecular weight excluding hydrogens is 558 g/mol. The Hall–Kier alpha value is -3.94. The highest BCUT2D eigenvalue weighted by Gasteiger charge is 2.63. The van der Waals surface area contributed by atoms with Crippen LogP contribution < -0.4 is 16.0 Å². The molecule has 1 saturated heterocycles. The average molecular weight is 598 g/mol. The minimum atomic E-state index is -2.72. The zero-order chi connectivity index (χ0) is 31.7. The molecule has 43 heavy (non-hydrogen) atoms. The lowest BCUT2D eigenvalue weighted by Crippen LogP contribution is -2.63. The SMILES string of the molecule is CN1CCC(C(=O)Nc2cc(N(C)C)c3c(c2O)C(=O)C2=C(O)[C@]4(O)C(=O)C(C(N)=O)=C(O)[C@@H](N(C)C)[C@@H]4C[C@@H]2C3)CC1. The minimum absolute atomic E-state index is 0.00595. The first-order valence-electron chi connectivity index (χ1n) is 14.3. The number of phenols is 1. The lowest BCUT2D eigenvalue weighted by molar-refractivity contribution is -0.148. The van der Waals surface area contributed by atoms with Gasteiger partial charge in [0.2, 0.25) is 11.7 Å². The number of benzene rings is 1. The molecule has 7 N–H and O–H groups in total. The van der Waals surface area contributed by atoms with Crippen molar-refractivity contribution in [3.8, 4) is 5.75 Å². The second-order valence-electron chi connectivity index (χ2n) is 12.6. The van der Waals surface area contributed by atoms with Crippen LogP contribution in [0.5, 0.6) is 5.75 Å². The van der Waals surface area contributed by atoms with Gasteiger partial charge in [-0.1, -0.05) is 0 Å². The zero-order valence-corrected chi connectivity index (χ0v) is 25.0. The van der Waals surface area contributed by atoms with Crippen LogP contribution in [0, 0.1) is 17.8 Å². The van der Waals surface area contributed by atoms with Gasteiger partial charge >= 0.3 is 0 Å². The second-order valence-corrected chi connectivity index (χ2v) is 12.6. The van der Waals surface area contributed by atoms with Crippen LogP contribution in [0.2, 0.25) is 0 Å². The standard InChI is InChI=1S/C30H39N5O8/c1-33(2)18-12-17(32-29(42)13-6-8-35(5)9-7-13)23(36)20-15(18)10-14-11-16-22(34(3)4)25(38)21(28(31)41)27(40)30(16,43)26(39)19(14)24(20)37/h12-14,16,22,36,38-39,43H,6-11H2,1-5H3,(H2,31,41)(H,32,42)/t14-,16-,22-,30-/m0/s1. The third-order valence-electron chi connectivity index (χ3n) is 9.53. The van der Waals surface area contributed by atoms with Gasteiger partial charge < -0.3 is 41.3 Å². The van der Waals surface area contributed by atoms with Crippen LogP contribution in [0.3, 0.4) is 0 Å². The quantitative estimate of drug-likeness (QED) is 0.204. The summed E-state index contributed by atoms with van der Waals surface area (Å²) in [4.78, 5) is 58.4. The predicted molar refractivity (Wildman–Crippen MR) is 157 cm³/mol. The summed E-state index contributed by atoms with van der Waals surface area (Å²) in [7, 11) is 8.67. The van der Waals surface area contributed by atoms with Gasteiger partial charge in [0, 0.05) is 37.2 Å². The zero-order valence-electron chi connectivity index (χ0n) is 25.0. The van der Waals surface area contributed by atoms with Crippen LogP contribution in [0.25, 0.3) is 0 Å². The number of carbonyl (C=O) groups is 4. The average Bonchev–Trinajstić information content (AvgIpc) is 2.92. The molecule has 13 nitrogen and oxygen atoms in total. The highest BCUT2D eigenvalue weighted by molar-refractivity contribution is 6.25. The summed E-state index contributed by atoms with van der Waals surface area (Å²) in [5.41, 5.74) is 2.52. The molecule has 0 bridgehead atoms. The van der Waals surface area contributed by atoms with Gasteiger partial charge in [0.1, 0.15) is 17.1 Å². The van der Waals surface area contributed by atoms with Crippen molar-refractivity contribution in [2.75, 3.05) is 58.5 Å². The molecule has 3 aliphatic carbocycles. The molecule has 4 aliphatic rings. The van der Waals surface area contributed by atoms with Gasteiger partial charge in [-0.3, -0.25) is 24.1 Å². The lowest BCUT2D eigenvalue weighted by atomic mass is 9.58. The monoisotopic (exact) mass is 597 g/mol. The number of rotatable bonds is 5. The van der Waals surface area contributed by atoms with E-state index in [1.807, 2.05) is 7.05 Å². The van der Waals surface area contributed by atoms with E-state index < -0.39 is 63.8 Å². The van der Waals surface area contributed by atoms with Crippen molar-refractivity contribution >= 4 is 34.8 Å². The number of anilines is 2. The van der Waals surface area contributed by atoms with Gasteiger partial charge in [0.05, 0.1) is 17.3 Å². The number of primary amides is 1. The minimum Gasteiger partial charge on any atom is -0.510 e. The molecule has 5 rings (SSSR count). The number of ketones is 2. The van der Waals surface area contributed by atoms with E-state index in [1.54, 1.807) is 39.2 Å². The molecule has 232 valence electrons. The Morgan fingerprint density at radius 2 is 1.72 bits per heavy atom. The number of piperidine rings is 1. The summed E-state index contributed by atoms with van der Waals surface area (Å²) in [6.45, 7) is 1.51. The number of amides is 2. The number of aliphatic hydroxyl groups excluding tert-OH is 2. The highest BCUT2D eigenvalue weighted by atomic mass is 16.3. The summed E-state index contributed by atoms with van der Waals surface area (Å²) in [6.07, 6.45) is 1.44. The molecule has 1 heterocycles. The number of fused-ring (bicyclic) bond motifs is 3. The first-order chi connectivity index (χ1) is 20.1. The fourth-order valence-electron chi connectivity index (χ4n) is 7.30. The van der Waals surface area contributed by atoms with E-state index in [2.05, 4.69) is 10.2 Å². The molecule has 4 atom stereocenters. The molecule has 1 fully saturated rings. The van der Waals surface area contributed by atoms with Crippen LogP contribution in [0.15, 0.2) is 28.7 Å². The number of hydrogen-bond acceptors (Lipinski definition) is 11. The number of aromatic hydroxyl groups is 1. The largest absolute Gasteiger partial charge is 0.510 e. The summed E-state index contributed by atoms with van der Waals surface area (Å²) >= 11 is 0. The van der Waals surface area contributed by atoms with Crippen LogP contribution >= 0.6 is 0 Å². The highest BCUT2D eigenvalue weighted by Crippen LogP contribution is 2.54. The van der Waals surface area contributed by atoms with Crippen LogP contribution in [0.4, 0.5) is 11.4 Å². The van der Waals surface area contributed by atoms with Gasteiger partial charge in [-0.15, -0.1) is 0 Å². The number of hydrogen-bond donors (Lipinski definition) is 6. The summed E-state index contributed by atoms with van der Waals surface area (Å²) in [6, 6.07) is 0.548. The van der Waals surface area contributed by atoms with Crippen molar-refractivity contribution in [2.24, 2.45) is 23.5 Å². The van der Waals surface area contributed by atoms with Gasteiger partial charge in [0.25, 0.3) is 5.91 Å². The third-order valence-corrected chi connectivity index (χ3v) is 9.53. The van der Waals surface area contributed by atoms with Crippen molar-refractivity contribution in [3.63, 3.8) is 0 Å². The molecule has 0 unspecified atom stereocenters. The van der Waals surface area contributed by atoms with Crippen molar-refractivity contribution in [1.82, 2.24) is 9.80 Å². The normalized spacial score (nSPS) is 28.0. The Labute approximate surface area is 249 Å². The lowest BCUT2D eigenvalue weighted by Gasteiger charge is -2.50. The number of aliphatic hydroxyl groups is 3. The maximum absolute atomic E-state index is 14.2. The Kier molecular flexibility index (Phi) is 7.56. The Morgan fingerprint density at radius 1 is 1.09 bits per heavy atom. The van der Waals surface area contributed by atoms with E-state index in [0.717, 1.165) is 13.1 Å². The molecule has 1 aromatic rings. The van der Waals surface area contributed by atoms with Crippen LogP contribution in [0.1, 0.15) is 35.2 Å². The fourth-order valence-corrected chi connectivity index (χ4v) is 7.30. The van der Waals surface area contributed by atoms with E-state index in [9.17, 15) is 39.6 Å². The van der Waals surface area contributed by atoms with Gasteiger partial charge in [-0.2, -0.15) is 0 Å². The smallest absolute Gasteiger partial charge is 0.255 e. The number of nitrogens with two attached hydrogens (primary N) is 1. The Balaban J connectivity index is 1.63. The number of nitrogens with one attached hydrogen (secondary N) is 1. The van der Waals surface area contributed by atoms with E-state index >= 15 is 0 Å².